The normalized spacial score (nSPS) is 10.5. The Morgan fingerprint density at radius 1 is 1.08 bits per heavy atom. The summed E-state index contributed by atoms with van der Waals surface area (Å²) < 4.78 is 11.0. The van der Waals surface area contributed by atoms with E-state index in [1.807, 2.05) is 23.6 Å². The van der Waals surface area contributed by atoms with Crippen LogP contribution in [0.5, 0.6) is 5.75 Å². The monoisotopic (exact) mass is 369 g/mol. The number of ketones is 1. The van der Waals surface area contributed by atoms with Gasteiger partial charge in [0.25, 0.3) is 5.91 Å². The van der Waals surface area contributed by atoms with Gasteiger partial charge in [0.15, 0.2) is 12.4 Å². The average molecular weight is 369 g/mol. The molecular formula is C20H19NO4S. The molecule has 2 heterocycles. The summed E-state index contributed by atoms with van der Waals surface area (Å²) in [4.78, 5) is 26.8. The lowest BCUT2D eigenvalue weighted by Gasteiger charge is -2.21. The Balaban J connectivity index is 1.63. The van der Waals surface area contributed by atoms with Crippen LogP contribution in [0, 0.1) is 0 Å². The second-order valence-corrected chi connectivity index (χ2v) is 6.81. The van der Waals surface area contributed by atoms with Crippen LogP contribution in [0.4, 0.5) is 0 Å². The van der Waals surface area contributed by atoms with Gasteiger partial charge in [-0.1, -0.05) is 6.07 Å². The molecule has 3 rings (SSSR count). The second-order valence-electron chi connectivity index (χ2n) is 5.78. The first-order valence-electron chi connectivity index (χ1n) is 8.18. The first-order valence-corrected chi connectivity index (χ1v) is 9.06. The number of hydrogen-bond acceptors (Lipinski definition) is 5. The number of benzene rings is 1. The van der Waals surface area contributed by atoms with Crippen molar-refractivity contribution in [2.24, 2.45) is 0 Å². The minimum Gasteiger partial charge on any atom is -0.484 e. The molecule has 0 aliphatic carbocycles. The highest BCUT2D eigenvalue weighted by Gasteiger charge is 2.17. The summed E-state index contributed by atoms with van der Waals surface area (Å²) in [6.45, 7) is 2.32. The number of carbonyl (C=O) groups excluding carboxylic acids is 2. The van der Waals surface area contributed by atoms with E-state index in [4.69, 9.17) is 9.15 Å². The molecule has 5 nitrogen and oxygen atoms in total. The highest BCUT2D eigenvalue weighted by atomic mass is 32.1. The Morgan fingerprint density at radius 3 is 2.50 bits per heavy atom. The van der Waals surface area contributed by atoms with E-state index in [1.165, 1.54) is 6.92 Å². The number of Topliss-reactive ketones (excluding diaryl/α,β-unsaturated/α-hetero) is 1. The Kier molecular flexibility index (Phi) is 5.86. The van der Waals surface area contributed by atoms with Crippen LogP contribution in [0.15, 0.2) is 64.6 Å². The van der Waals surface area contributed by atoms with E-state index in [-0.39, 0.29) is 18.3 Å². The summed E-state index contributed by atoms with van der Waals surface area (Å²) in [5.41, 5.74) is 0.612. The fourth-order valence-electron chi connectivity index (χ4n) is 2.44. The first kappa shape index (κ1) is 17.9. The maximum atomic E-state index is 12.7. The molecule has 1 amide bonds. The summed E-state index contributed by atoms with van der Waals surface area (Å²) in [6, 6.07) is 14.4. The van der Waals surface area contributed by atoms with Crippen LogP contribution in [0.3, 0.4) is 0 Å². The van der Waals surface area contributed by atoms with Gasteiger partial charge in [0.2, 0.25) is 0 Å². The molecule has 0 atom stereocenters. The number of ether oxygens (including phenoxy) is 1. The van der Waals surface area contributed by atoms with Crippen LogP contribution in [-0.2, 0) is 17.9 Å². The number of carbonyl (C=O) groups is 2. The summed E-state index contributed by atoms with van der Waals surface area (Å²) >= 11 is 1.60. The van der Waals surface area contributed by atoms with Gasteiger partial charge in [-0.25, -0.2) is 0 Å². The molecule has 6 heteroatoms. The number of furan rings is 1. The molecule has 3 aromatic rings. The standard InChI is InChI=1S/C20H19NO4S/c1-15(22)16-6-8-17(9-7-16)25-14-20(23)21(12-18-4-2-10-24-18)13-19-5-3-11-26-19/h2-11H,12-14H2,1H3. The molecule has 0 unspecified atom stereocenters. The average Bonchev–Trinajstić information content (AvgIpc) is 3.33. The quantitative estimate of drug-likeness (QED) is 0.560. The highest BCUT2D eigenvalue weighted by Crippen LogP contribution is 2.16. The van der Waals surface area contributed by atoms with Gasteiger partial charge in [-0.05, 0) is 54.8 Å². The van der Waals surface area contributed by atoms with Gasteiger partial charge >= 0.3 is 0 Å². The first-order chi connectivity index (χ1) is 12.6. The molecule has 26 heavy (non-hydrogen) atoms. The molecular weight excluding hydrogens is 350 g/mol. The van der Waals surface area contributed by atoms with Crippen molar-refractivity contribution in [3.8, 4) is 5.75 Å². The zero-order valence-electron chi connectivity index (χ0n) is 14.4. The van der Waals surface area contributed by atoms with Crippen LogP contribution < -0.4 is 4.74 Å². The predicted molar refractivity (Wildman–Crippen MR) is 99.2 cm³/mol. The molecule has 0 aliphatic heterocycles. The molecule has 134 valence electrons. The minimum atomic E-state index is -0.134. The Labute approximate surface area is 155 Å². The molecule has 0 N–H and O–H groups in total. The van der Waals surface area contributed by atoms with Crippen LogP contribution in [0.1, 0.15) is 27.9 Å². The van der Waals surface area contributed by atoms with Crippen molar-refractivity contribution in [2.45, 2.75) is 20.0 Å². The lowest BCUT2D eigenvalue weighted by atomic mass is 10.1. The number of nitrogens with zero attached hydrogens (tertiary/aromatic N) is 1. The minimum absolute atomic E-state index is 0.00630. The Hall–Kier alpha value is -2.86. The van der Waals surface area contributed by atoms with Gasteiger partial charge < -0.3 is 14.1 Å². The highest BCUT2D eigenvalue weighted by molar-refractivity contribution is 7.09. The zero-order valence-corrected chi connectivity index (χ0v) is 15.2. The van der Waals surface area contributed by atoms with Gasteiger partial charge in [-0.3, -0.25) is 9.59 Å². The van der Waals surface area contributed by atoms with Crippen molar-refractivity contribution in [1.29, 1.82) is 0 Å². The van der Waals surface area contributed by atoms with E-state index in [0.717, 1.165) is 10.6 Å². The topological polar surface area (TPSA) is 59.8 Å². The predicted octanol–water partition coefficient (Wildman–Crippen LogP) is 4.15. The molecule has 0 fully saturated rings. The number of thiophene rings is 1. The summed E-state index contributed by atoms with van der Waals surface area (Å²) in [6.07, 6.45) is 1.59. The van der Waals surface area contributed by atoms with E-state index >= 15 is 0 Å². The third-order valence-corrected chi connectivity index (χ3v) is 4.69. The van der Waals surface area contributed by atoms with Gasteiger partial charge in [0, 0.05) is 10.4 Å². The number of amides is 1. The van der Waals surface area contributed by atoms with E-state index in [0.29, 0.717) is 24.4 Å². The fraction of sp³-hybridized carbons (Fsp3) is 0.200. The molecule has 0 saturated carbocycles. The molecule has 0 bridgehead atoms. The van der Waals surface area contributed by atoms with Crippen LogP contribution >= 0.6 is 11.3 Å². The maximum absolute atomic E-state index is 12.7. The van der Waals surface area contributed by atoms with Crippen molar-refractivity contribution >= 4 is 23.0 Å². The van der Waals surface area contributed by atoms with Gasteiger partial charge in [-0.2, -0.15) is 0 Å². The van der Waals surface area contributed by atoms with Crippen LogP contribution in [0.2, 0.25) is 0 Å². The Morgan fingerprint density at radius 2 is 1.88 bits per heavy atom. The lowest BCUT2D eigenvalue weighted by molar-refractivity contribution is -0.134. The SMILES string of the molecule is CC(=O)c1ccc(OCC(=O)N(Cc2ccco2)Cc2cccs2)cc1. The fourth-order valence-corrected chi connectivity index (χ4v) is 3.16. The van der Waals surface area contributed by atoms with Crippen molar-refractivity contribution in [1.82, 2.24) is 4.90 Å². The molecule has 0 aliphatic rings. The summed E-state index contributed by atoms with van der Waals surface area (Å²) in [5.74, 6) is 1.14. The van der Waals surface area contributed by atoms with Crippen molar-refractivity contribution in [3.63, 3.8) is 0 Å². The lowest BCUT2D eigenvalue weighted by Crippen LogP contribution is -2.33. The van der Waals surface area contributed by atoms with Gasteiger partial charge in [0.05, 0.1) is 19.4 Å². The van der Waals surface area contributed by atoms with Crippen molar-refractivity contribution in [3.05, 3.63) is 76.4 Å². The van der Waals surface area contributed by atoms with Crippen molar-refractivity contribution < 1.29 is 18.7 Å². The van der Waals surface area contributed by atoms with E-state index in [2.05, 4.69) is 0 Å². The molecule has 0 saturated heterocycles. The summed E-state index contributed by atoms with van der Waals surface area (Å²) in [7, 11) is 0. The van der Waals surface area contributed by atoms with Gasteiger partial charge in [-0.15, -0.1) is 11.3 Å². The maximum Gasteiger partial charge on any atom is 0.261 e. The third kappa shape index (κ3) is 4.83. The molecule has 1 aromatic carbocycles. The third-order valence-electron chi connectivity index (χ3n) is 3.83. The smallest absolute Gasteiger partial charge is 0.261 e. The van der Waals surface area contributed by atoms with Crippen LogP contribution in [0.25, 0.3) is 0 Å². The Bertz CT molecular complexity index is 802. The van der Waals surface area contributed by atoms with Crippen molar-refractivity contribution in [2.75, 3.05) is 6.61 Å². The van der Waals surface area contributed by atoms with Crippen LogP contribution in [-0.4, -0.2) is 23.2 Å². The second kappa shape index (κ2) is 8.49. The van der Waals surface area contributed by atoms with Gasteiger partial charge in [0.1, 0.15) is 11.5 Å². The van der Waals surface area contributed by atoms with E-state index in [9.17, 15) is 9.59 Å². The molecule has 2 aromatic heterocycles. The largest absolute Gasteiger partial charge is 0.484 e. The number of hydrogen-bond donors (Lipinski definition) is 0. The molecule has 0 radical (unpaired) electrons. The van der Waals surface area contributed by atoms with E-state index < -0.39 is 0 Å². The summed E-state index contributed by atoms with van der Waals surface area (Å²) in [5, 5.41) is 1.98. The van der Waals surface area contributed by atoms with E-state index in [1.54, 1.807) is 52.8 Å². The number of rotatable bonds is 8. The molecule has 0 spiro atoms. The zero-order chi connectivity index (χ0) is 18.4.